The molecule has 2 amide bonds. The number of hydrogen-bond donors (Lipinski definition) is 2. The fraction of sp³-hybridized carbons (Fsp3) is 0.417. The van der Waals surface area contributed by atoms with Gasteiger partial charge in [0.05, 0.1) is 24.7 Å². The minimum Gasteiger partial charge on any atom is -0.465 e. The summed E-state index contributed by atoms with van der Waals surface area (Å²) in [7, 11) is 1.37. The van der Waals surface area contributed by atoms with Crippen molar-refractivity contribution in [2.24, 2.45) is 0 Å². The first-order chi connectivity index (χ1) is 16.5. The normalized spacial score (nSPS) is 16.3. The predicted octanol–water partition coefficient (Wildman–Crippen LogP) is 2.69. The van der Waals surface area contributed by atoms with E-state index in [1.165, 1.54) is 23.3 Å². The van der Waals surface area contributed by atoms with Crippen molar-refractivity contribution in [2.75, 3.05) is 45.2 Å². The summed E-state index contributed by atoms with van der Waals surface area (Å²) in [6.07, 6.45) is 3.91. The second-order valence-electron chi connectivity index (χ2n) is 8.64. The van der Waals surface area contributed by atoms with Gasteiger partial charge in [0.1, 0.15) is 5.00 Å². The molecule has 178 valence electrons. The number of nitrogens with zero attached hydrogens (tertiary/aromatic N) is 3. The highest BCUT2D eigenvalue weighted by molar-refractivity contribution is 7.17. The number of thiophene rings is 1. The highest BCUT2D eigenvalue weighted by Gasteiger charge is 2.29. The summed E-state index contributed by atoms with van der Waals surface area (Å²) < 4.78 is 4.99. The number of fused-ring (bicyclic) bond motifs is 2. The van der Waals surface area contributed by atoms with Gasteiger partial charge in [-0.15, -0.1) is 11.3 Å². The maximum Gasteiger partial charge on any atom is 0.341 e. The molecule has 2 aliphatic rings. The number of nitrogens with one attached hydrogen (secondary N) is 2. The fourth-order valence-corrected chi connectivity index (χ4v) is 6.02. The highest BCUT2D eigenvalue weighted by atomic mass is 32.1. The smallest absolute Gasteiger partial charge is 0.341 e. The van der Waals surface area contributed by atoms with Gasteiger partial charge in [0, 0.05) is 36.4 Å². The summed E-state index contributed by atoms with van der Waals surface area (Å²) in [5, 5.41) is 11.5. The molecular weight excluding hydrogens is 454 g/mol. The first kappa shape index (κ1) is 22.5. The van der Waals surface area contributed by atoms with Crippen LogP contribution in [0, 0.1) is 0 Å². The van der Waals surface area contributed by atoms with Crippen molar-refractivity contribution in [3.63, 3.8) is 0 Å². The average molecular weight is 482 g/mol. The number of rotatable bonds is 5. The number of anilines is 1. The predicted molar refractivity (Wildman–Crippen MR) is 129 cm³/mol. The van der Waals surface area contributed by atoms with Gasteiger partial charge in [-0.1, -0.05) is 18.2 Å². The average Bonchev–Trinajstić information content (AvgIpc) is 3.45. The minimum atomic E-state index is -0.396. The highest BCUT2D eigenvalue weighted by Crippen LogP contribution is 2.38. The molecular formula is C24H27N5O4S. The molecule has 1 aromatic carbocycles. The van der Waals surface area contributed by atoms with Gasteiger partial charge in [0.15, 0.2) is 5.69 Å². The molecule has 0 bridgehead atoms. The molecule has 1 aliphatic carbocycles. The van der Waals surface area contributed by atoms with Crippen LogP contribution in [-0.4, -0.2) is 77.6 Å². The lowest BCUT2D eigenvalue weighted by Gasteiger charge is -2.34. The van der Waals surface area contributed by atoms with E-state index in [-0.39, 0.29) is 18.4 Å². The summed E-state index contributed by atoms with van der Waals surface area (Å²) in [4.78, 5) is 43.1. The topological polar surface area (TPSA) is 108 Å². The number of aryl methyl sites for hydroxylation is 1. The molecule has 0 saturated carbocycles. The summed E-state index contributed by atoms with van der Waals surface area (Å²) in [5.74, 6) is -0.664. The first-order valence-corrected chi connectivity index (χ1v) is 12.3. The molecule has 1 saturated heterocycles. The zero-order valence-electron chi connectivity index (χ0n) is 19.1. The Hall–Kier alpha value is -3.24. The van der Waals surface area contributed by atoms with Crippen LogP contribution >= 0.6 is 11.3 Å². The number of carbonyl (C=O) groups is 3. The number of ether oxygens (including phenoxy) is 1. The molecule has 0 radical (unpaired) electrons. The van der Waals surface area contributed by atoms with Gasteiger partial charge in [0.25, 0.3) is 5.91 Å². The van der Waals surface area contributed by atoms with E-state index in [0.717, 1.165) is 42.1 Å². The van der Waals surface area contributed by atoms with Gasteiger partial charge >= 0.3 is 5.97 Å². The van der Waals surface area contributed by atoms with E-state index in [9.17, 15) is 14.4 Å². The Balaban J connectivity index is 1.19. The van der Waals surface area contributed by atoms with Crippen LogP contribution in [-0.2, 0) is 22.4 Å². The maximum atomic E-state index is 13.0. The first-order valence-electron chi connectivity index (χ1n) is 11.5. The molecule has 3 aromatic rings. The van der Waals surface area contributed by atoms with Crippen molar-refractivity contribution in [2.45, 2.75) is 25.7 Å². The molecule has 3 heterocycles. The number of amides is 2. The number of piperazine rings is 1. The number of carbonyl (C=O) groups excluding carboxylic acids is 3. The Morgan fingerprint density at radius 3 is 2.68 bits per heavy atom. The number of aromatic nitrogens is 2. The molecule has 0 spiro atoms. The van der Waals surface area contributed by atoms with Crippen molar-refractivity contribution in [3.8, 4) is 0 Å². The van der Waals surface area contributed by atoms with Crippen molar-refractivity contribution < 1.29 is 19.1 Å². The third-order valence-corrected chi connectivity index (χ3v) is 7.72. The molecule has 1 aliphatic heterocycles. The minimum absolute atomic E-state index is 0.103. The Bertz CT molecular complexity index is 1240. The molecule has 9 nitrogen and oxygen atoms in total. The second-order valence-corrected chi connectivity index (χ2v) is 9.75. The lowest BCUT2D eigenvalue weighted by Crippen LogP contribution is -2.50. The molecule has 34 heavy (non-hydrogen) atoms. The molecule has 10 heteroatoms. The van der Waals surface area contributed by atoms with Crippen LogP contribution in [0.15, 0.2) is 24.3 Å². The maximum absolute atomic E-state index is 13.0. The van der Waals surface area contributed by atoms with E-state index in [1.54, 1.807) is 4.90 Å². The van der Waals surface area contributed by atoms with Gasteiger partial charge in [0.2, 0.25) is 5.91 Å². The number of esters is 1. The number of hydrogen-bond acceptors (Lipinski definition) is 7. The Kier molecular flexibility index (Phi) is 6.34. The van der Waals surface area contributed by atoms with Gasteiger partial charge in [-0.25, -0.2) is 4.79 Å². The van der Waals surface area contributed by atoms with Crippen molar-refractivity contribution >= 4 is 45.0 Å². The fourth-order valence-electron chi connectivity index (χ4n) is 4.73. The number of H-pyrrole nitrogens is 1. The largest absolute Gasteiger partial charge is 0.465 e. The quantitative estimate of drug-likeness (QED) is 0.543. The standard InChI is InChI=1S/C24H27N5O4S/c1-33-24(32)20-16-7-3-5-9-18(16)34-22(20)25-19(30)14-28-10-12-29(13-11-28)23(31)21-15-6-2-4-8-17(15)26-27-21/h2,4,6,8H,3,5,7,9-14H2,1H3,(H,25,30)(H,26,27). The Morgan fingerprint density at radius 2 is 1.88 bits per heavy atom. The lowest BCUT2D eigenvalue weighted by molar-refractivity contribution is -0.117. The lowest BCUT2D eigenvalue weighted by atomic mass is 9.95. The van der Waals surface area contributed by atoms with Gasteiger partial charge in [-0.3, -0.25) is 19.6 Å². The van der Waals surface area contributed by atoms with Crippen LogP contribution in [0.25, 0.3) is 10.9 Å². The van der Waals surface area contributed by atoms with Crippen molar-refractivity contribution in [1.29, 1.82) is 0 Å². The van der Waals surface area contributed by atoms with Crippen LogP contribution in [0.2, 0.25) is 0 Å². The number of methoxy groups -OCH3 is 1. The zero-order chi connectivity index (χ0) is 23.7. The summed E-state index contributed by atoms with van der Waals surface area (Å²) >= 11 is 1.49. The second kappa shape index (κ2) is 9.55. The van der Waals surface area contributed by atoms with E-state index in [2.05, 4.69) is 15.5 Å². The van der Waals surface area contributed by atoms with E-state index >= 15 is 0 Å². The molecule has 2 N–H and O–H groups in total. The third-order valence-electron chi connectivity index (χ3n) is 6.51. The summed E-state index contributed by atoms with van der Waals surface area (Å²) in [6, 6.07) is 7.57. The molecule has 0 unspecified atom stereocenters. The molecule has 5 rings (SSSR count). The Labute approximate surface area is 201 Å². The van der Waals surface area contributed by atoms with Crippen molar-refractivity contribution in [1.82, 2.24) is 20.0 Å². The molecule has 2 aromatic heterocycles. The van der Waals surface area contributed by atoms with Crippen LogP contribution in [0.3, 0.4) is 0 Å². The molecule has 1 fully saturated rings. The van der Waals surface area contributed by atoms with Crippen LogP contribution in [0.1, 0.15) is 44.1 Å². The van der Waals surface area contributed by atoms with E-state index in [0.29, 0.717) is 42.4 Å². The summed E-state index contributed by atoms with van der Waals surface area (Å²) in [5.41, 5.74) is 2.80. The van der Waals surface area contributed by atoms with Gasteiger partial charge < -0.3 is 15.0 Å². The van der Waals surface area contributed by atoms with E-state index in [4.69, 9.17) is 4.74 Å². The molecule has 0 atom stereocenters. The third kappa shape index (κ3) is 4.30. The van der Waals surface area contributed by atoms with Crippen LogP contribution in [0.4, 0.5) is 5.00 Å². The van der Waals surface area contributed by atoms with E-state index in [1.807, 2.05) is 29.2 Å². The number of para-hydroxylation sites is 1. The van der Waals surface area contributed by atoms with Crippen LogP contribution < -0.4 is 5.32 Å². The van der Waals surface area contributed by atoms with Crippen LogP contribution in [0.5, 0.6) is 0 Å². The number of benzene rings is 1. The SMILES string of the molecule is COC(=O)c1c(NC(=O)CN2CCN(C(=O)c3n[nH]c4ccccc34)CC2)sc2c1CCCC2. The Morgan fingerprint density at radius 1 is 1.12 bits per heavy atom. The zero-order valence-corrected chi connectivity index (χ0v) is 19.9. The monoisotopic (exact) mass is 481 g/mol. The number of aromatic amines is 1. The van der Waals surface area contributed by atoms with E-state index < -0.39 is 5.97 Å². The van der Waals surface area contributed by atoms with Crippen molar-refractivity contribution in [3.05, 3.63) is 46.0 Å². The van der Waals surface area contributed by atoms with Gasteiger partial charge in [-0.2, -0.15) is 5.10 Å². The van der Waals surface area contributed by atoms with Gasteiger partial charge in [-0.05, 0) is 37.3 Å². The summed E-state index contributed by atoms with van der Waals surface area (Å²) in [6.45, 7) is 2.43.